The second-order valence-corrected chi connectivity index (χ2v) is 9.62. The zero-order valence-corrected chi connectivity index (χ0v) is 22.5. The molecule has 0 aliphatic carbocycles. The predicted octanol–water partition coefficient (Wildman–Crippen LogP) is 5.76. The van der Waals surface area contributed by atoms with Gasteiger partial charge >= 0.3 is 6.03 Å². The van der Waals surface area contributed by atoms with Crippen LogP contribution < -0.4 is 5.32 Å². The highest BCUT2D eigenvalue weighted by Crippen LogP contribution is 2.19. The van der Waals surface area contributed by atoms with Crippen molar-refractivity contribution in [2.24, 2.45) is 0 Å². The fourth-order valence-corrected chi connectivity index (χ4v) is 4.48. The van der Waals surface area contributed by atoms with E-state index < -0.39 is 11.8 Å². The number of carbonyl (C=O) groups excluding carboxylic acids is 2. The molecule has 2 N–H and O–H groups in total. The molecule has 3 aromatic carbocycles. The van der Waals surface area contributed by atoms with Crippen LogP contribution in [0.1, 0.15) is 23.1 Å². The third kappa shape index (κ3) is 7.91. The van der Waals surface area contributed by atoms with E-state index in [0.29, 0.717) is 44.8 Å². The van der Waals surface area contributed by atoms with Gasteiger partial charge in [0.25, 0.3) is 0 Å². The lowest BCUT2D eigenvalue weighted by molar-refractivity contribution is -0.132. The molecule has 0 atom stereocenters. The fraction of sp³-hybridized carbons (Fsp3) is 0.290. The molecule has 0 aliphatic heterocycles. The quantitative estimate of drug-likeness (QED) is 0.229. The number of benzene rings is 3. The number of urea groups is 1. The lowest BCUT2D eigenvalue weighted by Gasteiger charge is -2.28. The number of halogens is 1. The number of anilines is 1. The van der Waals surface area contributed by atoms with Gasteiger partial charge < -0.3 is 24.8 Å². The van der Waals surface area contributed by atoms with Crippen LogP contribution in [-0.4, -0.2) is 60.1 Å². The summed E-state index contributed by atoms with van der Waals surface area (Å²) in [6.07, 6.45) is 3.22. The van der Waals surface area contributed by atoms with Gasteiger partial charge in [0, 0.05) is 56.1 Å². The first-order valence-electron chi connectivity index (χ1n) is 13.1. The van der Waals surface area contributed by atoms with Crippen molar-refractivity contribution < 1.29 is 18.7 Å². The number of rotatable bonds is 12. The van der Waals surface area contributed by atoms with Gasteiger partial charge in [-0.15, -0.1) is 0 Å². The van der Waals surface area contributed by atoms with E-state index in [-0.39, 0.29) is 12.5 Å². The standard InChI is InChI=1S/C31H35FN4O3/c1-23-11-13-24(14-12-23)21-35(17-15-25-20-33-29-10-4-3-9-28(25)29)30(37)22-36(16-6-18-39-2)31(38)34-27-8-5-7-26(32)19-27/h3-5,7-14,19-20,33H,6,15-18,21-22H2,1-2H3,(H,34,38). The number of amides is 3. The number of hydrogen-bond donors (Lipinski definition) is 2. The molecule has 8 heteroatoms. The third-order valence-corrected chi connectivity index (χ3v) is 6.64. The number of nitrogens with zero attached hydrogens (tertiary/aromatic N) is 2. The van der Waals surface area contributed by atoms with E-state index in [1.165, 1.54) is 23.1 Å². The van der Waals surface area contributed by atoms with Crippen LogP contribution >= 0.6 is 0 Å². The molecule has 1 aromatic heterocycles. The van der Waals surface area contributed by atoms with Crippen molar-refractivity contribution in [1.82, 2.24) is 14.8 Å². The Morgan fingerprint density at radius 2 is 1.77 bits per heavy atom. The summed E-state index contributed by atoms with van der Waals surface area (Å²) in [7, 11) is 1.59. The second-order valence-electron chi connectivity index (χ2n) is 9.62. The number of aromatic amines is 1. The molecule has 0 fully saturated rings. The Morgan fingerprint density at radius 3 is 2.54 bits per heavy atom. The molecule has 0 spiro atoms. The highest BCUT2D eigenvalue weighted by Gasteiger charge is 2.22. The minimum absolute atomic E-state index is 0.107. The van der Waals surface area contributed by atoms with E-state index in [2.05, 4.69) is 16.4 Å². The van der Waals surface area contributed by atoms with E-state index in [4.69, 9.17) is 4.74 Å². The van der Waals surface area contributed by atoms with Crippen LogP contribution in [-0.2, 0) is 22.5 Å². The molecule has 0 radical (unpaired) electrons. The number of ether oxygens (including phenoxy) is 1. The highest BCUT2D eigenvalue weighted by atomic mass is 19.1. The average molecular weight is 531 g/mol. The Kier molecular flexibility index (Phi) is 9.69. The predicted molar refractivity (Wildman–Crippen MR) is 152 cm³/mol. The van der Waals surface area contributed by atoms with Gasteiger partial charge in [0.1, 0.15) is 12.4 Å². The van der Waals surface area contributed by atoms with Crippen LogP contribution in [0.25, 0.3) is 10.9 Å². The SMILES string of the molecule is COCCCN(CC(=O)N(CCc1c[nH]c2ccccc12)Cc1ccc(C)cc1)C(=O)Nc1cccc(F)c1. The fourth-order valence-electron chi connectivity index (χ4n) is 4.48. The molecule has 1 heterocycles. The first-order valence-corrected chi connectivity index (χ1v) is 13.1. The number of carbonyl (C=O) groups is 2. The molecule has 204 valence electrons. The molecular formula is C31H35FN4O3. The average Bonchev–Trinajstić information content (AvgIpc) is 3.34. The Bertz CT molecular complexity index is 1390. The largest absolute Gasteiger partial charge is 0.385 e. The van der Waals surface area contributed by atoms with Crippen LogP contribution in [0, 0.1) is 12.7 Å². The molecule has 0 saturated heterocycles. The van der Waals surface area contributed by atoms with Crippen molar-refractivity contribution in [2.75, 3.05) is 38.7 Å². The van der Waals surface area contributed by atoms with Gasteiger partial charge in [-0.25, -0.2) is 9.18 Å². The van der Waals surface area contributed by atoms with Crippen LogP contribution in [0.4, 0.5) is 14.9 Å². The summed E-state index contributed by atoms with van der Waals surface area (Å²) in [4.78, 5) is 33.4. The van der Waals surface area contributed by atoms with Gasteiger partial charge in [0.2, 0.25) is 5.91 Å². The van der Waals surface area contributed by atoms with E-state index in [0.717, 1.165) is 27.6 Å². The number of aryl methyl sites for hydroxylation is 1. The van der Waals surface area contributed by atoms with Crippen LogP contribution in [0.5, 0.6) is 0 Å². The monoisotopic (exact) mass is 530 g/mol. The van der Waals surface area contributed by atoms with Crippen molar-refractivity contribution in [3.05, 3.63) is 102 Å². The zero-order chi connectivity index (χ0) is 27.6. The zero-order valence-electron chi connectivity index (χ0n) is 22.5. The third-order valence-electron chi connectivity index (χ3n) is 6.64. The highest BCUT2D eigenvalue weighted by molar-refractivity contribution is 5.92. The van der Waals surface area contributed by atoms with Crippen LogP contribution in [0.2, 0.25) is 0 Å². The molecule has 0 unspecified atom stereocenters. The van der Waals surface area contributed by atoms with Crippen molar-refractivity contribution in [3.8, 4) is 0 Å². The van der Waals surface area contributed by atoms with Gasteiger partial charge in [0.15, 0.2) is 0 Å². The minimum Gasteiger partial charge on any atom is -0.385 e. The maximum atomic E-state index is 13.7. The lowest BCUT2D eigenvalue weighted by Crippen LogP contribution is -2.45. The number of hydrogen-bond acceptors (Lipinski definition) is 3. The summed E-state index contributed by atoms with van der Waals surface area (Å²) in [5, 5.41) is 3.85. The lowest BCUT2D eigenvalue weighted by atomic mass is 10.1. The molecule has 0 saturated carbocycles. The molecule has 7 nitrogen and oxygen atoms in total. The number of fused-ring (bicyclic) bond motifs is 1. The summed E-state index contributed by atoms with van der Waals surface area (Å²) in [5.41, 5.74) is 4.69. The number of aromatic nitrogens is 1. The van der Waals surface area contributed by atoms with Crippen molar-refractivity contribution in [1.29, 1.82) is 0 Å². The molecule has 4 rings (SSSR count). The van der Waals surface area contributed by atoms with Gasteiger partial charge in [-0.1, -0.05) is 54.1 Å². The second kappa shape index (κ2) is 13.6. The number of methoxy groups -OCH3 is 1. The summed E-state index contributed by atoms with van der Waals surface area (Å²) < 4.78 is 18.8. The van der Waals surface area contributed by atoms with Crippen LogP contribution in [0.3, 0.4) is 0 Å². The molecule has 3 amide bonds. The van der Waals surface area contributed by atoms with E-state index in [1.54, 1.807) is 18.1 Å². The van der Waals surface area contributed by atoms with E-state index in [9.17, 15) is 14.0 Å². The summed E-state index contributed by atoms with van der Waals surface area (Å²) in [6, 6.07) is 21.4. The number of para-hydroxylation sites is 1. The molecule has 4 aromatic rings. The van der Waals surface area contributed by atoms with E-state index >= 15 is 0 Å². The summed E-state index contributed by atoms with van der Waals surface area (Å²) in [5.74, 6) is -0.612. The van der Waals surface area contributed by atoms with Gasteiger partial charge in [0.05, 0.1) is 0 Å². The molecule has 0 aliphatic rings. The van der Waals surface area contributed by atoms with Crippen LogP contribution in [0.15, 0.2) is 79.0 Å². The Balaban J connectivity index is 1.51. The first kappa shape index (κ1) is 27.9. The molecule has 0 bridgehead atoms. The topological polar surface area (TPSA) is 77.7 Å². The normalized spacial score (nSPS) is 10.9. The van der Waals surface area contributed by atoms with Gasteiger partial charge in [-0.05, 0) is 55.2 Å². The maximum Gasteiger partial charge on any atom is 0.322 e. The van der Waals surface area contributed by atoms with Gasteiger partial charge in [-0.3, -0.25) is 4.79 Å². The molecule has 39 heavy (non-hydrogen) atoms. The number of H-pyrrole nitrogens is 1. The Hall–Kier alpha value is -4.17. The first-order chi connectivity index (χ1) is 18.9. The van der Waals surface area contributed by atoms with Crippen molar-refractivity contribution in [3.63, 3.8) is 0 Å². The molecular weight excluding hydrogens is 495 g/mol. The minimum atomic E-state index is -0.461. The van der Waals surface area contributed by atoms with Crippen molar-refractivity contribution >= 4 is 28.5 Å². The smallest absolute Gasteiger partial charge is 0.322 e. The number of nitrogens with one attached hydrogen (secondary N) is 2. The Morgan fingerprint density at radius 1 is 0.974 bits per heavy atom. The summed E-state index contributed by atoms with van der Waals surface area (Å²) in [6.45, 7) is 3.61. The maximum absolute atomic E-state index is 13.7. The summed E-state index contributed by atoms with van der Waals surface area (Å²) >= 11 is 0. The van der Waals surface area contributed by atoms with Crippen molar-refractivity contribution in [2.45, 2.75) is 26.3 Å². The Labute approximate surface area is 228 Å². The van der Waals surface area contributed by atoms with Gasteiger partial charge in [-0.2, -0.15) is 0 Å². The van der Waals surface area contributed by atoms with E-state index in [1.807, 2.05) is 55.6 Å².